The van der Waals surface area contributed by atoms with Crippen LogP contribution in [0.5, 0.6) is 5.75 Å². The third kappa shape index (κ3) is 3.94. The first-order chi connectivity index (χ1) is 12.6. The third-order valence-electron chi connectivity index (χ3n) is 3.79. The number of halogens is 1. The van der Waals surface area contributed by atoms with Crippen LogP contribution in [0.15, 0.2) is 42.7 Å². The summed E-state index contributed by atoms with van der Waals surface area (Å²) >= 11 is 0. The van der Waals surface area contributed by atoms with E-state index < -0.39 is 5.97 Å². The molecule has 0 aliphatic heterocycles. The van der Waals surface area contributed by atoms with Gasteiger partial charge in [0, 0.05) is 24.9 Å². The lowest BCUT2D eigenvalue weighted by Crippen LogP contribution is -2.11. The Bertz CT molecular complexity index is 929. The summed E-state index contributed by atoms with van der Waals surface area (Å²) in [5.74, 6) is -1.35. The van der Waals surface area contributed by atoms with Gasteiger partial charge in [-0.25, -0.2) is 14.2 Å². The van der Waals surface area contributed by atoms with Crippen LogP contribution in [0.3, 0.4) is 0 Å². The molecule has 7 heteroatoms. The smallest absolute Gasteiger partial charge is 0.360 e. The van der Waals surface area contributed by atoms with Crippen molar-refractivity contribution in [1.29, 1.82) is 0 Å². The van der Waals surface area contributed by atoms with E-state index in [9.17, 15) is 14.3 Å². The van der Waals surface area contributed by atoms with E-state index >= 15 is 0 Å². The maximum Gasteiger partial charge on any atom is 0.360 e. The molecule has 0 aliphatic rings. The number of ether oxygens (including phenoxy) is 2. The standard InChI is InChI=1S/C19H17FN2O4/c1-25-6-7-26-19(24)17-18(23)16-14(11-22-17)9-13(10-21-16)8-12-2-4-15(20)5-3-12/h2-5,9-11,23H,6-8H2,1H3. The topological polar surface area (TPSA) is 81.5 Å². The largest absolute Gasteiger partial charge is 0.504 e. The summed E-state index contributed by atoms with van der Waals surface area (Å²) in [4.78, 5) is 20.2. The van der Waals surface area contributed by atoms with Crippen molar-refractivity contribution in [2.24, 2.45) is 0 Å². The summed E-state index contributed by atoms with van der Waals surface area (Å²) in [6, 6.07) is 8.03. The molecule has 0 radical (unpaired) electrons. The minimum absolute atomic E-state index is 0.0680. The molecule has 1 aromatic carbocycles. The number of hydrogen-bond acceptors (Lipinski definition) is 6. The van der Waals surface area contributed by atoms with Gasteiger partial charge in [0.2, 0.25) is 0 Å². The number of hydrogen-bond donors (Lipinski definition) is 1. The molecule has 134 valence electrons. The predicted octanol–water partition coefficient (Wildman–Crippen LogP) is 2.87. The minimum atomic E-state index is -0.737. The molecule has 3 aromatic rings. The fraction of sp³-hybridized carbons (Fsp3) is 0.211. The number of methoxy groups -OCH3 is 1. The van der Waals surface area contributed by atoms with Gasteiger partial charge in [0.05, 0.1) is 6.61 Å². The van der Waals surface area contributed by atoms with E-state index in [1.165, 1.54) is 25.4 Å². The van der Waals surface area contributed by atoms with Crippen molar-refractivity contribution in [2.45, 2.75) is 6.42 Å². The monoisotopic (exact) mass is 356 g/mol. The Morgan fingerprint density at radius 1 is 1.12 bits per heavy atom. The zero-order chi connectivity index (χ0) is 18.5. The first-order valence-corrected chi connectivity index (χ1v) is 7.95. The van der Waals surface area contributed by atoms with E-state index in [1.807, 2.05) is 6.07 Å². The van der Waals surface area contributed by atoms with Crippen molar-refractivity contribution in [2.75, 3.05) is 20.3 Å². The molecule has 0 atom stereocenters. The molecule has 0 amide bonds. The van der Waals surface area contributed by atoms with E-state index in [4.69, 9.17) is 9.47 Å². The molecule has 0 bridgehead atoms. The summed E-state index contributed by atoms with van der Waals surface area (Å²) in [7, 11) is 1.49. The fourth-order valence-corrected chi connectivity index (χ4v) is 2.50. The SMILES string of the molecule is COCCOC(=O)c1ncc2cc(Cc3ccc(F)cc3)cnc2c1O. The van der Waals surface area contributed by atoms with Crippen molar-refractivity contribution in [3.05, 3.63) is 65.4 Å². The van der Waals surface area contributed by atoms with Crippen LogP contribution in [0.1, 0.15) is 21.6 Å². The Hall–Kier alpha value is -3.06. The van der Waals surface area contributed by atoms with Gasteiger partial charge in [-0.05, 0) is 35.7 Å². The van der Waals surface area contributed by atoms with Gasteiger partial charge in [-0.15, -0.1) is 0 Å². The van der Waals surface area contributed by atoms with Gasteiger partial charge in [0.1, 0.15) is 17.9 Å². The summed E-state index contributed by atoms with van der Waals surface area (Å²) in [6.07, 6.45) is 3.62. The molecule has 26 heavy (non-hydrogen) atoms. The molecule has 0 aliphatic carbocycles. The van der Waals surface area contributed by atoms with Crippen LogP contribution >= 0.6 is 0 Å². The highest BCUT2D eigenvalue weighted by atomic mass is 19.1. The number of aromatic hydroxyl groups is 1. The summed E-state index contributed by atoms with van der Waals surface area (Å²) in [5.41, 5.74) is 1.89. The van der Waals surface area contributed by atoms with Crippen molar-refractivity contribution in [1.82, 2.24) is 9.97 Å². The maximum absolute atomic E-state index is 13.0. The van der Waals surface area contributed by atoms with Crippen LogP contribution in [0.2, 0.25) is 0 Å². The van der Waals surface area contributed by atoms with Gasteiger partial charge < -0.3 is 14.6 Å². The maximum atomic E-state index is 13.0. The number of pyridine rings is 2. The van der Waals surface area contributed by atoms with E-state index in [-0.39, 0.29) is 36.0 Å². The average molecular weight is 356 g/mol. The molecule has 0 spiro atoms. The molecule has 0 fully saturated rings. The van der Waals surface area contributed by atoms with Gasteiger partial charge in [-0.2, -0.15) is 0 Å². The fourth-order valence-electron chi connectivity index (χ4n) is 2.50. The van der Waals surface area contributed by atoms with Crippen molar-refractivity contribution < 1.29 is 23.8 Å². The first-order valence-electron chi connectivity index (χ1n) is 7.95. The second kappa shape index (κ2) is 7.88. The Kier molecular flexibility index (Phi) is 5.38. The number of carbonyl (C=O) groups is 1. The molecule has 3 rings (SSSR count). The van der Waals surface area contributed by atoms with Crippen molar-refractivity contribution >= 4 is 16.9 Å². The molecule has 1 N–H and O–H groups in total. The zero-order valence-electron chi connectivity index (χ0n) is 14.1. The molecule has 0 unspecified atom stereocenters. The van der Waals surface area contributed by atoms with E-state index in [0.29, 0.717) is 11.8 Å². The lowest BCUT2D eigenvalue weighted by atomic mass is 10.1. The van der Waals surface area contributed by atoms with Crippen LogP contribution in [-0.2, 0) is 15.9 Å². The van der Waals surface area contributed by atoms with Crippen LogP contribution < -0.4 is 0 Å². The second-order valence-electron chi connectivity index (χ2n) is 5.67. The zero-order valence-corrected chi connectivity index (χ0v) is 14.1. The van der Waals surface area contributed by atoms with Crippen LogP contribution in [0, 0.1) is 5.82 Å². The highest BCUT2D eigenvalue weighted by Gasteiger charge is 2.18. The highest BCUT2D eigenvalue weighted by molar-refractivity contribution is 5.97. The Morgan fingerprint density at radius 3 is 2.62 bits per heavy atom. The molecule has 0 saturated carbocycles. The molecule has 2 aromatic heterocycles. The van der Waals surface area contributed by atoms with Crippen molar-refractivity contribution in [3.8, 4) is 5.75 Å². The summed E-state index contributed by atoms with van der Waals surface area (Å²) < 4.78 is 22.8. The number of fused-ring (bicyclic) bond motifs is 1. The van der Waals surface area contributed by atoms with E-state index in [1.54, 1.807) is 18.3 Å². The highest BCUT2D eigenvalue weighted by Crippen LogP contribution is 2.26. The van der Waals surface area contributed by atoms with E-state index in [2.05, 4.69) is 9.97 Å². The lowest BCUT2D eigenvalue weighted by Gasteiger charge is -2.08. The van der Waals surface area contributed by atoms with Crippen LogP contribution in [-0.4, -0.2) is 41.4 Å². The van der Waals surface area contributed by atoms with Gasteiger partial charge in [-0.3, -0.25) is 4.98 Å². The van der Waals surface area contributed by atoms with Gasteiger partial charge >= 0.3 is 5.97 Å². The normalized spacial score (nSPS) is 10.8. The number of esters is 1. The Labute approximate surface area is 149 Å². The quantitative estimate of drug-likeness (QED) is 0.540. The Morgan fingerprint density at radius 2 is 1.88 bits per heavy atom. The summed E-state index contributed by atoms with van der Waals surface area (Å²) in [6.45, 7) is 0.323. The Balaban J connectivity index is 1.83. The number of aromatic nitrogens is 2. The van der Waals surface area contributed by atoms with Crippen LogP contribution in [0.25, 0.3) is 10.9 Å². The van der Waals surface area contributed by atoms with Gasteiger partial charge in [0.15, 0.2) is 11.4 Å². The predicted molar refractivity (Wildman–Crippen MR) is 92.6 cm³/mol. The number of carbonyl (C=O) groups excluding carboxylic acids is 1. The third-order valence-corrected chi connectivity index (χ3v) is 3.79. The molecular formula is C19H17FN2O4. The average Bonchev–Trinajstić information content (AvgIpc) is 2.64. The van der Waals surface area contributed by atoms with Gasteiger partial charge in [-0.1, -0.05) is 12.1 Å². The van der Waals surface area contributed by atoms with Gasteiger partial charge in [0.25, 0.3) is 0 Å². The number of rotatable bonds is 6. The van der Waals surface area contributed by atoms with Crippen LogP contribution in [0.4, 0.5) is 4.39 Å². The number of nitrogens with zero attached hydrogens (tertiary/aromatic N) is 2. The van der Waals surface area contributed by atoms with E-state index in [0.717, 1.165) is 11.1 Å². The lowest BCUT2D eigenvalue weighted by molar-refractivity contribution is 0.0378. The first kappa shape index (κ1) is 17.8. The molecule has 0 saturated heterocycles. The number of benzene rings is 1. The molecular weight excluding hydrogens is 339 g/mol. The molecule has 6 nitrogen and oxygen atoms in total. The summed E-state index contributed by atoms with van der Waals surface area (Å²) in [5, 5.41) is 10.9. The minimum Gasteiger partial charge on any atom is -0.504 e. The van der Waals surface area contributed by atoms with Crippen molar-refractivity contribution in [3.63, 3.8) is 0 Å². The second-order valence-corrected chi connectivity index (χ2v) is 5.67. The molecule has 2 heterocycles.